The molecule has 2 heteroatoms. The molecule has 1 nitrogen and oxygen atoms in total. The van der Waals surface area contributed by atoms with Crippen molar-refractivity contribution < 1.29 is 4.79 Å². The Kier molecular flexibility index (Phi) is 2.00. The highest BCUT2D eigenvalue weighted by Gasteiger charge is 2.36. The first-order chi connectivity index (χ1) is 6.23. The number of rotatable bonds is 1. The summed E-state index contributed by atoms with van der Waals surface area (Å²) in [6.45, 7) is 1.97. The maximum absolute atomic E-state index is 11.6. The van der Waals surface area contributed by atoms with E-state index < -0.39 is 0 Å². The van der Waals surface area contributed by atoms with E-state index in [1.54, 1.807) is 17.8 Å². The monoisotopic (exact) mass is 190 g/mol. The van der Waals surface area contributed by atoms with Gasteiger partial charge in [-0.05, 0) is 24.0 Å². The molecule has 1 heterocycles. The molecule has 1 aliphatic heterocycles. The minimum atomic E-state index is -0.388. The van der Waals surface area contributed by atoms with Gasteiger partial charge in [-0.1, -0.05) is 30.3 Å². The lowest BCUT2D eigenvalue weighted by atomic mass is 9.96. The van der Waals surface area contributed by atoms with Gasteiger partial charge in [-0.25, -0.2) is 0 Å². The Balaban J connectivity index is 2.42. The van der Waals surface area contributed by atoms with Gasteiger partial charge in [-0.3, -0.25) is 4.79 Å². The molecular weight excluding hydrogens is 180 g/mol. The van der Waals surface area contributed by atoms with Gasteiger partial charge in [0.1, 0.15) is 4.75 Å². The van der Waals surface area contributed by atoms with E-state index in [0.29, 0.717) is 0 Å². The van der Waals surface area contributed by atoms with Gasteiger partial charge >= 0.3 is 0 Å². The summed E-state index contributed by atoms with van der Waals surface area (Å²) in [5.41, 5.74) is 1.08. The van der Waals surface area contributed by atoms with Crippen molar-refractivity contribution in [1.29, 1.82) is 0 Å². The van der Waals surface area contributed by atoms with Gasteiger partial charge in [-0.15, -0.1) is 11.8 Å². The van der Waals surface area contributed by atoms with E-state index in [9.17, 15) is 4.79 Å². The van der Waals surface area contributed by atoms with E-state index in [-0.39, 0.29) is 10.5 Å². The molecule has 0 bridgehead atoms. The maximum atomic E-state index is 11.6. The minimum Gasteiger partial charge on any atom is -0.293 e. The molecule has 0 spiro atoms. The molecule has 0 fully saturated rings. The molecule has 66 valence electrons. The van der Waals surface area contributed by atoms with Crippen LogP contribution in [-0.2, 0) is 9.54 Å². The highest BCUT2D eigenvalue weighted by Crippen LogP contribution is 2.42. The fourth-order valence-electron chi connectivity index (χ4n) is 1.42. The second kappa shape index (κ2) is 3.04. The summed E-state index contributed by atoms with van der Waals surface area (Å²) in [4.78, 5) is 11.6. The molecule has 0 amide bonds. The first kappa shape index (κ1) is 8.57. The average molecular weight is 190 g/mol. The van der Waals surface area contributed by atoms with Crippen LogP contribution < -0.4 is 0 Å². The quantitative estimate of drug-likeness (QED) is 0.677. The van der Waals surface area contributed by atoms with Crippen LogP contribution in [0.1, 0.15) is 12.5 Å². The van der Waals surface area contributed by atoms with Crippen molar-refractivity contribution in [2.75, 3.05) is 0 Å². The van der Waals surface area contributed by atoms with E-state index >= 15 is 0 Å². The van der Waals surface area contributed by atoms with E-state index in [0.717, 1.165) is 5.56 Å². The van der Waals surface area contributed by atoms with Crippen molar-refractivity contribution in [2.24, 2.45) is 0 Å². The number of carbonyl (C=O) groups excluding carboxylic acids is 1. The molecule has 1 aromatic carbocycles. The number of thioether (sulfide) groups is 1. The predicted octanol–water partition coefficient (Wildman–Crippen LogP) is 2.73. The van der Waals surface area contributed by atoms with Crippen LogP contribution in [0.3, 0.4) is 0 Å². The lowest BCUT2D eigenvalue weighted by molar-refractivity contribution is -0.116. The Morgan fingerprint density at radius 3 is 2.46 bits per heavy atom. The second-order valence-corrected chi connectivity index (χ2v) is 4.51. The van der Waals surface area contributed by atoms with E-state index in [2.05, 4.69) is 0 Å². The van der Waals surface area contributed by atoms with Gasteiger partial charge in [0.2, 0.25) is 0 Å². The molecule has 0 unspecified atom stereocenters. The van der Waals surface area contributed by atoms with Crippen molar-refractivity contribution >= 4 is 17.5 Å². The number of benzene rings is 1. The van der Waals surface area contributed by atoms with Crippen LogP contribution in [0.25, 0.3) is 0 Å². The molecule has 1 atom stereocenters. The highest BCUT2D eigenvalue weighted by molar-refractivity contribution is 8.04. The topological polar surface area (TPSA) is 17.1 Å². The van der Waals surface area contributed by atoms with Gasteiger partial charge < -0.3 is 0 Å². The Bertz CT molecular complexity index is 356. The van der Waals surface area contributed by atoms with Crippen molar-refractivity contribution in [3.8, 4) is 0 Å². The summed E-state index contributed by atoms with van der Waals surface area (Å²) < 4.78 is -0.388. The molecule has 2 rings (SSSR count). The highest BCUT2D eigenvalue weighted by atomic mass is 32.2. The van der Waals surface area contributed by atoms with Crippen molar-refractivity contribution in [3.63, 3.8) is 0 Å². The van der Waals surface area contributed by atoms with Crippen LogP contribution in [0.4, 0.5) is 0 Å². The van der Waals surface area contributed by atoms with Crippen LogP contribution >= 0.6 is 11.8 Å². The molecule has 0 aromatic heterocycles. The fourth-order valence-corrected chi connectivity index (χ4v) is 2.34. The molecule has 1 aromatic rings. The summed E-state index contributed by atoms with van der Waals surface area (Å²) in [6, 6.07) is 9.89. The standard InChI is InChI=1S/C11H10OS/c1-11(10(12)7-8-13-11)9-5-3-2-4-6-9/h2-8H,1H3/t11-/m1/s1. The summed E-state index contributed by atoms with van der Waals surface area (Å²) in [5.74, 6) is 0.184. The summed E-state index contributed by atoms with van der Waals surface area (Å²) in [6.07, 6.45) is 1.65. The van der Waals surface area contributed by atoms with E-state index in [4.69, 9.17) is 0 Å². The Labute approximate surface area is 81.8 Å². The molecule has 0 aliphatic carbocycles. The first-order valence-electron chi connectivity index (χ1n) is 4.18. The van der Waals surface area contributed by atoms with E-state index in [1.165, 1.54) is 0 Å². The van der Waals surface area contributed by atoms with Crippen LogP contribution in [-0.4, -0.2) is 5.78 Å². The molecule has 0 N–H and O–H groups in total. The minimum absolute atomic E-state index is 0.184. The fraction of sp³-hybridized carbons (Fsp3) is 0.182. The normalized spacial score (nSPS) is 26.7. The van der Waals surface area contributed by atoms with Crippen LogP contribution in [0.2, 0.25) is 0 Å². The smallest absolute Gasteiger partial charge is 0.176 e. The first-order valence-corrected chi connectivity index (χ1v) is 5.06. The third-order valence-electron chi connectivity index (χ3n) is 2.32. The number of carbonyl (C=O) groups is 1. The zero-order valence-corrected chi connectivity index (χ0v) is 8.17. The van der Waals surface area contributed by atoms with Crippen molar-refractivity contribution in [2.45, 2.75) is 11.7 Å². The van der Waals surface area contributed by atoms with Gasteiger partial charge in [-0.2, -0.15) is 0 Å². The van der Waals surface area contributed by atoms with Gasteiger partial charge in [0.15, 0.2) is 5.78 Å². The number of hydrogen-bond donors (Lipinski definition) is 0. The number of hydrogen-bond acceptors (Lipinski definition) is 2. The Morgan fingerprint density at radius 2 is 1.92 bits per heavy atom. The predicted molar refractivity (Wildman–Crippen MR) is 55.5 cm³/mol. The third kappa shape index (κ3) is 1.31. The number of allylic oxidation sites excluding steroid dienone is 1. The molecule has 0 saturated carbocycles. The summed E-state index contributed by atoms with van der Waals surface area (Å²) >= 11 is 1.58. The SMILES string of the molecule is C[C@]1(c2ccccc2)SC=CC1=O. The lowest BCUT2D eigenvalue weighted by Gasteiger charge is -2.20. The van der Waals surface area contributed by atoms with Gasteiger partial charge in [0.05, 0.1) is 0 Å². The zero-order chi connectivity index (χ0) is 9.31. The summed E-state index contributed by atoms with van der Waals surface area (Å²) in [5, 5.41) is 1.87. The zero-order valence-electron chi connectivity index (χ0n) is 7.36. The second-order valence-electron chi connectivity index (χ2n) is 3.18. The molecule has 0 radical (unpaired) electrons. The summed E-state index contributed by atoms with van der Waals surface area (Å²) in [7, 11) is 0. The maximum Gasteiger partial charge on any atom is 0.176 e. The molecule has 13 heavy (non-hydrogen) atoms. The average Bonchev–Trinajstić information content (AvgIpc) is 2.50. The van der Waals surface area contributed by atoms with Crippen LogP contribution in [0, 0.1) is 0 Å². The largest absolute Gasteiger partial charge is 0.293 e. The van der Waals surface area contributed by atoms with E-state index in [1.807, 2.05) is 42.7 Å². The van der Waals surface area contributed by atoms with Crippen LogP contribution in [0.15, 0.2) is 41.8 Å². The van der Waals surface area contributed by atoms with Crippen molar-refractivity contribution in [1.82, 2.24) is 0 Å². The van der Waals surface area contributed by atoms with Crippen LogP contribution in [0.5, 0.6) is 0 Å². The Hall–Kier alpha value is -1.02. The molecular formula is C11H10OS. The number of ketones is 1. The van der Waals surface area contributed by atoms with Crippen molar-refractivity contribution in [3.05, 3.63) is 47.4 Å². The molecule has 1 aliphatic rings. The molecule has 0 saturated heterocycles. The Morgan fingerprint density at radius 1 is 1.23 bits per heavy atom. The third-order valence-corrected chi connectivity index (χ3v) is 3.50. The van der Waals surface area contributed by atoms with Gasteiger partial charge in [0.25, 0.3) is 0 Å². The lowest BCUT2D eigenvalue weighted by Crippen LogP contribution is -2.23. The van der Waals surface area contributed by atoms with Gasteiger partial charge in [0, 0.05) is 0 Å².